The molecule has 19 heavy (non-hydrogen) atoms. The molecule has 1 heterocycles. The van der Waals surface area contributed by atoms with E-state index in [9.17, 15) is 0 Å². The predicted octanol–water partition coefficient (Wildman–Crippen LogP) is 2.06. The molecule has 2 N–H and O–H groups in total. The van der Waals surface area contributed by atoms with E-state index in [1.807, 2.05) is 37.3 Å². The molecule has 2 aromatic rings. The first kappa shape index (κ1) is 13.7. The first-order chi connectivity index (χ1) is 9.22. The van der Waals surface area contributed by atoms with E-state index in [4.69, 9.17) is 15.0 Å². The van der Waals surface area contributed by atoms with Crippen molar-refractivity contribution in [3.63, 3.8) is 0 Å². The molecule has 0 saturated heterocycles. The third kappa shape index (κ3) is 3.39. The van der Waals surface area contributed by atoms with Gasteiger partial charge in [-0.1, -0.05) is 42.4 Å². The number of ether oxygens (including phenoxy) is 1. The molecule has 0 fully saturated rings. The summed E-state index contributed by atoms with van der Waals surface area (Å²) >= 11 is 0. The Hall–Kier alpha value is -1.72. The second kappa shape index (κ2) is 6.45. The van der Waals surface area contributed by atoms with E-state index in [2.05, 4.69) is 10.1 Å². The minimum absolute atomic E-state index is 0.0220. The van der Waals surface area contributed by atoms with Crippen LogP contribution >= 0.6 is 0 Å². The van der Waals surface area contributed by atoms with Gasteiger partial charge in [-0.25, -0.2) is 0 Å². The van der Waals surface area contributed by atoms with Crippen LogP contribution in [-0.4, -0.2) is 23.9 Å². The molecule has 0 spiro atoms. The second-order valence-corrected chi connectivity index (χ2v) is 4.52. The molecule has 0 amide bonds. The van der Waals surface area contributed by atoms with Crippen LogP contribution in [0.1, 0.15) is 36.2 Å². The van der Waals surface area contributed by atoms with Gasteiger partial charge in [-0.3, -0.25) is 0 Å². The minimum atomic E-state index is -0.156. The third-order valence-corrected chi connectivity index (χ3v) is 3.13. The topological polar surface area (TPSA) is 74.2 Å². The monoisotopic (exact) mass is 261 g/mol. The Morgan fingerprint density at radius 3 is 2.74 bits per heavy atom. The van der Waals surface area contributed by atoms with Crippen molar-refractivity contribution in [1.29, 1.82) is 0 Å². The lowest BCUT2D eigenvalue weighted by molar-refractivity contribution is 0.199. The van der Waals surface area contributed by atoms with Crippen molar-refractivity contribution in [2.24, 2.45) is 5.73 Å². The SMILES string of the molecule is COCCc1noc(C(C)C(N)c2ccccc2)n1. The fraction of sp³-hybridized carbons (Fsp3) is 0.429. The van der Waals surface area contributed by atoms with Crippen LogP contribution in [-0.2, 0) is 11.2 Å². The van der Waals surface area contributed by atoms with Crippen molar-refractivity contribution in [2.75, 3.05) is 13.7 Å². The van der Waals surface area contributed by atoms with Gasteiger partial charge in [0.15, 0.2) is 5.82 Å². The summed E-state index contributed by atoms with van der Waals surface area (Å²) in [5.74, 6) is 1.21. The average Bonchev–Trinajstić information content (AvgIpc) is 2.93. The summed E-state index contributed by atoms with van der Waals surface area (Å²) in [7, 11) is 1.65. The van der Waals surface area contributed by atoms with Crippen molar-refractivity contribution < 1.29 is 9.26 Å². The van der Waals surface area contributed by atoms with Crippen molar-refractivity contribution in [1.82, 2.24) is 10.1 Å². The summed E-state index contributed by atoms with van der Waals surface area (Å²) in [5, 5.41) is 3.93. The van der Waals surface area contributed by atoms with Crippen LogP contribution in [0, 0.1) is 0 Å². The molecule has 1 aromatic heterocycles. The minimum Gasteiger partial charge on any atom is -0.384 e. The first-order valence-electron chi connectivity index (χ1n) is 6.34. The molecule has 0 saturated carbocycles. The van der Waals surface area contributed by atoms with E-state index >= 15 is 0 Å². The van der Waals surface area contributed by atoms with Gasteiger partial charge in [-0.05, 0) is 5.56 Å². The molecule has 0 aliphatic rings. The highest BCUT2D eigenvalue weighted by Crippen LogP contribution is 2.27. The number of nitrogens with zero attached hydrogens (tertiary/aromatic N) is 2. The van der Waals surface area contributed by atoms with Gasteiger partial charge in [0.25, 0.3) is 0 Å². The van der Waals surface area contributed by atoms with Gasteiger partial charge >= 0.3 is 0 Å². The number of hydrogen-bond donors (Lipinski definition) is 1. The van der Waals surface area contributed by atoms with E-state index in [-0.39, 0.29) is 12.0 Å². The summed E-state index contributed by atoms with van der Waals surface area (Å²) < 4.78 is 10.3. The number of benzene rings is 1. The molecule has 5 heteroatoms. The standard InChI is InChI=1S/C14H19N3O2/c1-10(13(15)11-6-4-3-5-7-11)14-16-12(17-19-14)8-9-18-2/h3-7,10,13H,8-9,15H2,1-2H3. The fourth-order valence-electron chi connectivity index (χ4n) is 1.86. The van der Waals surface area contributed by atoms with Gasteiger partial charge in [-0.15, -0.1) is 0 Å². The molecule has 0 bridgehead atoms. The Morgan fingerprint density at radius 1 is 1.32 bits per heavy atom. The highest BCUT2D eigenvalue weighted by atomic mass is 16.5. The molecule has 2 unspecified atom stereocenters. The molecular formula is C14H19N3O2. The van der Waals surface area contributed by atoms with Gasteiger partial charge in [0.1, 0.15) is 0 Å². The van der Waals surface area contributed by atoms with Crippen molar-refractivity contribution in [3.05, 3.63) is 47.6 Å². The number of aromatic nitrogens is 2. The van der Waals surface area contributed by atoms with Gasteiger partial charge in [0, 0.05) is 19.6 Å². The van der Waals surface area contributed by atoms with Crippen molar-refractivity contribution in [2.45, 2.75) is 25.3 Å². The highest BCUT2D eigenvalue weighted by Gasteiger charge is 2.22. The van der Waals surface area contributed by atoms with E-state index in [0.717, 1.165) is 5.56 Å². The summed E-state index contributed by atoms with van der Waals surface area (Å²) in [6, 6.07) is 9.76. The quantitative estimate of drug-likeness (QED) is 0.861. The Bertz CT molecular complexity index is 498. The fourth-order valence-corrected chi connectivity index (χ4v) is 1.86. The van der Waals surface area contributed by atoms with Crippen molar-refractivity contribution in [3.8, 4) is 0 Å². The van der Waals surface area contributed by atoms with E-state index < -0.39 is 0 Å². The van der Waals surface area contributed by atoms with Gasteiger partial charge in [0.2, 0.25) is 5.89 Å². The zero-order valence-corrected chi connectivity index (χ0v) is 11.2. The lowest BCUT2D eigenvalue weighted by Gasteiger charge is -2.16. The molecule has 0 radical (unpaired) electrons. The van der Waals surface area contributed by atoms with E-state index in [0.29, 0.717) is 24.7 Å². The van der Waals surface area contributed by atoms with Crippen LogP contribution in [0.15, 0.2) is 34.9 Å². The molecule has 2 rings (SSSR count). The molecular weight excluding hydrogens is 242 g/mol. The maximum absolute atomic E-state index is 6.23. The van der Waals surface area contributed by atoms with Gasteiger partial charge < -0.3 is 15.0 Å². The predicted molar refractivity (Wildman–Crippen MR) is 71.7 cm³/mol. The summed E-state index contributed by atoms with van der Waals surface area (Å²) in [4.78, 5) is 4.36. The van der Waals surface area contributed by atoms with Crippen LogP contribution in [0.25, 0.3) is 0 Å². The highest BCUT2D eigenvalue weighted by molar-refractivity contribution is 5.21. The zero-order chi connectivity index (χ0) is 13.7. The normalized spacial score (nSPS) is 14.3. The first-order valence-corrected chi connectivity index (χ1v) is 6.34. The number of methoxy groups -OCH3 is 1. The van der Waals surface area contributed by atoms with Gasteiger partial charge in [-0.2, -0.15) is 4.98 Å². The Kier molecular flexibility index (Phi) is 4.65. The van der Waals surface area contributed by atoms with Crippen LogP contribution in [0.3, 0.4) is 0 Å². The van der Waals surface area contributed by atoms with E-state index in [1.165, 1.54) is 0 Å². The van der Waals surface area contributed by atoms with Crippen molar-refractivity contribution >= 4 is 0 Å². The Morgan fingerprint density at radius 2 is 2.05 bits per heavy atom. The molecule has 5 nitrogen and oxygen atoms in total. The molecule has 0 aliphatic carbocycles. The van der Waals surface area contributed by atoms with Crippen LogP contribution in [0.2, 0.25) is 0 Å². The summed E-state index contributed by atoms with van der Waals surface area (Å²) in [6.45, 7) is 2.57. The maximum Gasteiger partial charge on any atom is 0.231 e. The zero-order valence-electron chi connectivity index (χ0n) is 11.2. The molecule has 1 aromatic carbocycles. The largest absolute Gasteiger partial charge is 0.384 e. The molecule has 0 aliphatic heterocycles. The lowest BCUT2D eigenvalue weighted by atomic mass is 9.95. The second-order valence-electron chi connectivity index (χ2n) is 4.52. The summed E-state index contributed by atoms with van der Waals surface area (Å²) in [6.07, 6.45) is 0.646. The van der Waals surface area contributed by atoms with E-state index in [1.54, 1.807) is 7.11 Å². The van der Waals surface area contributed by atoms with Crippen LogP contribution in [0.4, 0.5) is 0 Å². The number of hydrogen-bond acceptors (Lipinski definition) is 5. The van der Waals surface area contributed by atoms with Gasteiger partial charge in [0.05, 0.1) is 12.5 Å². The average molecular weight is 261 g/mol. The van der Waals surface area contributed by atoms with Crippen LogP contribution < -0.4 is 5.73 Å². The molecule has 2 atom stereocenters. The maximum atomic E-state index is 6.23. The Balaban J connectivity index is 2.06. The number of nitrogens with two attached hydrogens (primary N) is 1. The third-order valence-electron chi connectivity index (χ3n) is 3.13. The summed E-state index contributed by atoms with van der Waals surface area (Å²) in [5.41, 5.74) is 7.29. The Labute approximate surface area is 112 Å². The van der Waals surface area contributed by atoms with Crippen LogP contribution in [0.5, 0.6) is 0 Å². The number of rotatable bonds is 6. The smallest absolute Gasteiger partial charge is 0.231 e. The lowest BCUT2D eigenvalue weighted by Crippen LogP contribution is -2.17. The molecule has 102 valence electrons.